The number of nitrogens with one attached hydrogen (secondary N) is 1. The van der Waals surface area contributed by atoms with Gasteiger partial charge in [-0.15, -0.1) is 0 Å². The van der Waals surface area contributed by atoms with E-state index in [1.807, 2.05) is 20.8 Å². The molecular formula is C23H28F3N3O4. The van der Waals surface area contributed by atoms with Crippen LogP contribution in [-0.2, 0) is 10.2 Å². The molecule has 2 amide bonds. The largest absolute Gasteiger partial charge is 0.491 e. The minimum atomic E-state index is -2.82. The van der Waals surface area contributed by atoms with Crippen molar-refractivity contribution in [3.05, 3.63) is 41.4 Å². The Hall–Kier alpha value is -3.04. The number of aromatic hydroxyl groups is 1. The summed E-state index contributed by atoms with van der Waals surface area (Å²) in [5, 5.41) is 15.2. The van der Waals surface area contributed by atoms with Gasteiger partial charge in [-0.1, -0.05) is 26.8 Å². The second-order valence-corrected chi connectivity index (χ2v) is 9.54. The highest BCUT2D eigenvalue weighted by atomic mass is 19.3. The molecule has 0 radical (unpaired) electrons. The molecule has 1 aromatic carbocycles. The Morgan fingerprint density at radius 1 is 1.24 bits per heavy atom. The summed E-state index contributed by atoms with van der Waals surface area (Å²) in [4.78, 5) is 27.2. The fraction of sp³-hybridized carbons (Fsp3) is 0.522. The normalized spacial score (nSPS) is 17.4. The van der Waals surface area contributed by atoms with Crippen LogP contribution in [0.4, 0.5) is 18.9 Å². The molecule has 1 aliphatic carbocycles. The highest BCUT2D eigenvalue weighted by Gasteiger charge is 2.43. The van der Waals surface area contributed by atoms with E-state index in [0.717, 1.165) is 11.0 Å². The van der Waals surface area contributed by atoms with Crippen LogP contribution in [0, 0.1) is 11.7 Å². The lowest BCUT2D eigenvalue weighted by molar-refractivity contribution is -0.124. The molecule has 1 aromatic heterocycles. The van der Waals surface area contributed by atoms with Gasteiger partial charge in [-0.3, -0.25) is 9.59 Å². The average molecular weight is 467 g/mol. The SMILES string of the molecule is CN(C(=O)c1cc(O)no1)C(C(=O)Nc1ccc(C(C)(C)C)c(F)c1)C1CCC(F)(F)CC1. The number of carbonyl (C=O) groups is 2. The number of likely N-dealkylation sites (N-methyl/N-ethyl adjacent to an activating group) is 1. The van der Waals surface area contributed by atoms with Gasteiger partial charge in [0, 0.05) is 25.6 Å². The molecule has 1 unspecified atom stereocenters. The zero-order valence-corrected chi connectivity index (χ0v) is 19.0. The number of hydrogen-bond donors (Lipinski definition) is 2. The number of hydrogen-bond acceptors (Lipinski definition) is 5. The highest BCUT2D eigenvalue weighted by Crippen LogP contribution is 2.39. The van der Waals surface area contributed by atoms with Gasteiger partial charge in [0.2, 0.25) is 17.6 Å². The summed E-state index contributed by atoms with van der Waals surface area (Å²) in [6.07, 6.45) is -0.744. The Morgan fingerprint density at radius 2 is 1.88 bits per heavy atom. The second-order valence-electron chi connectivity index (χ2n) is 9.54. The van der Waals surface area contributed by atoms with Crippen molar-refractivity contribution in [1.29, 1.82) is 0 Å². The molecule has 1 atom stereocenters. The van der Waals surface area contributed by atoms with Gasteiger partial charge in [-0.2, -0.15) is 0 Å². The fourth-order valence-electron chi connectivity index (χ4n) is 4.17. The standard InChI is InChI=1S/C23H28F3N3O4/c1-22(2,3)15-6-5-14(11-16(15)24)27-20(31)19(13-7-9-23(25,26)10-8-13)29(4)21(32)17-12-18(30)28-33-17/h5-6,11-13,19H,7-10H2,1-4H3,(H,27,31)(H,28,30). The van der Waals surface area contributed by atoms with Crippen molar-refractivity contribution in [2.24, 2.45) is 5.92 Å². The lowest BCUT2D eigenvalue weighted by Gasteiger charge is -2.37. The van der Waals surface area contributed by atoms with Crippen LogP contribution in [0.3, 0.4) is 0 Å². The average Bonchev–Trinajstić information content (AvgIpc) is 3.14. The van der Waals surface area contributed by atoms with Crippen molar-refractivity contribution in [3.63, 3.8) is 0 Å². The van der Waals surface area contributed by atoms with E-state index in [2.05, 4.69) is 10.5 Å². The first-order valence-corrected chi connectivity index (χ1v) is 10.7. The third kappa shape index (κ3) is 5.66. The molecule has 2 aromatic rings. The summed E-state index contributed by atoms with van der Waals surface area (Å²) in [6, 6.07) is 4.22. The quantitative estimate of drug-likeness (QED) is 0.663. The molecular weight excluding hydrogens is 439 g/mol. The molecule has 1 fully saturated rings. The third-order valence-corrected chi connectivity index (χ3v) is 5.97. The van der Waals surface area contributed by atoms with Crippen LogP contribution in [0.25, 0.3) is 0 Å². The fourth-order valence-corrected chi connectivity index (χ4v) is 4.17. The van der Waals surface area contributed by atoms with Crippen molar-refractivity contribution in [1.82, 2.24) is 10.1 Å². The predicted molar refractivity (Wildman–Crippen MR) is 115 cm³/mol. The minimum Gasteiger partial charge on any atom is -0.491 e. The van der Waals surface area contributed by atoms with Crippen LogP contribution in [0.1, 0.15) is 62.6 Å². The molecule has 1 saturated carbocycles. The molecule has 0 saturated heterocycles. The maximum absolute atomic E-state index is 14.6. The molecule has 3 rings (SSSR count). The Balaban J connectivity index is 1.86. The lowest BCUT2D eigenvalue weighted by atomic mass is 9.81. The van der Waals surface area contributed by atoms with E-state index >= 15 is 0 Å². The van der Waals surface area contributed by atoms with Crippen molar-refractivity contribution in [3.8, 4) is 5.88 Å². The maximum atomic E-state index is 14.6. The molecule has 0 bridgehead atoms. The Kier molecular flexibility index (Phi) is 6.76. The number of benzene rings is 1. The number of nitrogens with zero attached hydrogens (tertiary/aromatic N) is 2. The number of alkyl halides is 2. The monoisotopic (exact) mass is 467 g/mol. The van der Waals surface area contributed by atoms with E-state index in [4.69, 9.17) is 4.52 Å². The summed E-state index contributed by atoms with van der Waals surface area (Å²) in [5.74, 6) is -6.02. The van der Waals surface area contributed by atoms with Crippen LogP contribution in [-0.4, -0.2) is 46.0 Å². The zero-order chi connectivity index (χ0) is 24.6. The van der Waals surface area contributed by atoms with Gasteiger partial charge in [0.05, 0.1) is 6.07 Å². The molecule has 10 heteroatoms. The lowest BCUT2D eigenvalue weighted by Crippen LogP contribution is -2.51. The third-order valence-electron chi connectivity index (χ3n) is 5.97. The molecule has 1 aliphatic rings. The van der Waals surface area contributed by atoms with Crippen LogP contribution in [0.2, 0.25) is 0 Å². The van der Waals surface area contributed by atoms with Crippen molar-refractivity contribution >= 4 is 17.5 Å². The number of halogens is 3. The van der Waals surface area contributed by atoms with E-state index in [9.17, 15) is 27.9 Å². The van der Waals surface area contributed by atoms with Gasteiger partial charge in [0.1, 0.15) is 11.9 Å². The van der Waals surface area contributed by atoms with E-state index in [1.165, 1.54) is 13.1 Å². The van der Waals surface area contributed by atoms with Gasteiger partial charge in [0.15, 0.2) is 0 Å². The van der Waals surface area contributed by atoms with Gasteiger partial charge >= 0.3 is 0 Å². The molecule has 0 spiro atoms. The first-order chi connectivity index (χ1) is 15.3. The van der Waals surface area contributed by atoms with Gasteiger partial charge in [-0.25, -0.2) is 13.2 Å². The topological polar surface area (TPSA) is 95.7 Å². The Labute approximate surface area is 189 Å². The van der Waals surface area contributed by atoms with E-state index < -0.39 is 59.7 Å². The van der Waals surface area contributed by atoms with E-state index in [-0.39, 0.29) is 24.3 Å². The van der Waals surface area contributed by atoms with Crippen LogP contribution < -0.4 is 5.32 Å². The number of anilines is 1. The summed E-state index contributed by atoms with van der Waals surface area (Å²) in [6.45, 7) is 5.58. The summed E-state index contributed by atoms with van der Waals surface area (Å²) in [5.41, 5.74) is 0.233. The molecule has 180 valence electrons. The van der Waals surface area contributed by atoms with Gasteiger partial charge < -0.3 is 19.8 Å². The maximum Gasteiger partial charge on any atom is 0.293 e. The molecule has 2 N–H and O–H groups in total. The van der Waals surface area contributed by atoms with Crippen LogP contribution in [0.5, 0.6) is 5.88 Å². The smallest absolute Gasteiger partial charge is 0.293 e. The Bertz CT molecular complexity index is 1020. The first kappa shape index (κ1) is 24.6. The molecule has 0 aliphatic heterocycles. The number of amides is 2. The molecule has 7 nitrogen and oxygen atoms in total. The molecule has 33 heavy (non-hydrogen) atoms. The predicted octanol–water partition coefficient (Wildman–Crippen LogP) is 4.72. The van der Waals surface area contributed by atoms with Crippen molar-refractivity contribution < 1.29 is 32.4 Å². The Morgan fingerprint density at radius 3 is 2.39 bits per heavy atom. The molecule has 1 heterocycles. The summed E-state index contributed by atoms with van der Waals surface area (Å²) < 4.78 is 46.8. The van der Waals surface area contributed by atoms with E-state index in [0.29, 0.717) is 5.56 Å². The summed E-state index contributed by atoms with van der Waals surface area (Å²) >= 11 is 0. The number of aromatic nitrogens is 1. The minimum absolute atomic E-state index is 0.0294. The summed E-state index contributed by atoms with van der Waals surface area (Å²) in [7, 11) is 1.35. The second kappa shape index (κ2) is 9.07. The van der Waals surface area contributed by atoms with Crippen LogP contribution in [0.15, 0.2) is 28.8 Å². The highest BCUT2D eigenvalue weighted by molar-refractivity contribution is 6.00. The zero-order valence-electron chi connectivity index (χ0n) is 19.0. The van der Waals surface area contributed by atoms with Gasteiger partial charge in [0.25, 0.3) is 11.8 Å². The van der Waals surface area contributed by atoms with Crippen molar-refractivity contribution in [2.75, 3.05) is 12.4 Å². The van der Waals surface area contributed by atoms with Gasteiger partial charge in [-0.05, 0) is 47.0 Å². The van der Waals surface area contributed by atoms with E-state index in [1.54, 1.807) is 12.1 Å². The van der Waals surface area contributed by atoms with Crippen LogP contribution >= 0.6 is 0 Å². The first-order valence-electron chi connectivity index (χ1n) is 10.7. The number of rotatable bonds is 5. The van der Waals surface area contributed by atoms with Crippen molar-refractivity contribution in [2.45, 2.75) is 63.8 Å². The number of carbonyl (C=O) groups excluding carboxylic acids is 2.